The second-order valence-corrected chi connectivity index (χ2v) is 3.89. The summed E-state index contributed by atoms with van der Waals surface area (Å²) in [6, 6.07) is 7.89. The highest BCUT2D eigenvalue weighted by atomic mass is 32.2. The first-order valence-electron chi connectivity index (χ1n) is 3.47. The van der Waals surface area contributed by atoms with Crippen LogP contribution in [0.25, 0.3) is 0 Å². The Labute approximate surface area is 84.2 Å². The lowest BCUT2D eigenvalue weighted by Crippen LogP contribution is -2.11. The van der Waals surface area contributed by atoms with Gasteiger partial charge in [0.25, 0.3) is 0 Å². The molecular weight excluding hydrogens is 235 g/mol. The predicted molar refractivity (Wildman–Crippen MR) is 46.1 cm³/mol. The number of rotatable bonds is 1. The molecule has 86 valence electrons. The van der Waals surface area contributed by atoms with Crippen molar-refractivity contribution < 1.29 is 26.7 Å². The first kappa shape index (κ1) is 13.9. The Bertz CT molecular complexity index is 382. The first-order chi connectivity index (χ1) is 6.61. The quantitative estimate of drug-likeness (QED) is 0.766. The molecule has 0 heterocycles. The Hall–Kier alpha value is -1.12. The van der Waals surface area contributed by atoms with E-state index in [9.17, 15) is 21.6 Å². The van der Waals surface area contributed by atoms with Crippen LogP contribution in [0.5, 0.6) is 0 Å². The predicted octanol–water partition coefficient (Wildman–Crippen LogP) is 0.833. The molecule has 8 heteroatoms. The van der Waals surface area contributed by atoms with Gasteiger partial charge in [0.05, 0.1) is 4.90 Å². The summed E-state index contributed by atoms with van der Waals surface area (Å²) in [7, 11) is -3.50. The molecule has 0 saturated carbocycles. The van der Waals surface area contributed by atoms with E-state index in [-0.39, 0.29) is 4.90 Å². The summed E-state index contributed by atoms with van der Waals surface area (Å²) in [5.41, 5.74) is 0. The van der Waals surface area contributed by atoms with Crippen LogP contribution in [0.15, 0.2) is 35.2 Å². The number of halogens is 3. The summed E-state index contributed by atoms with van der Waals surface area (Å²) < 4.78 is 51.0. The Morgan fingerprint density at radius 1 is 1.13 bits per heavy atom. The normalized spacial score (nSPS) is 11.5. The van der Waals surface area contributed by atoms with Crippen molar-refractivity contribution in [1.29, 1.82) is 0 Å². The zero-order valence-electron chi connectivity index (χ0n) is 7.27. The minimum atomic E-state index is -5.00. The van der Waals surface area contributed by atoms with Gasteiger partial charge in [-0.2, -0.15) is 0 Å². The van der Waals surface area contributed by atoms with E-state index in [0.29, 0.717) is 0 Å². The highest BCUT2D eigenvalue weighted by molar-refractivity contribution is 7.89. The molecule has 1 aromatic carbocycles. The van der Waals surface area contributed by atoms with Crippen LogP contribution in [0.3, 0.4) is 0 Å². The average molecular weight is 243 g/mol. The van der Waals surface area contributed by atoms with Crippen molar-refractivity contribution in [2.45, 2.75) is 11.3 Å². The number of hydrogen-bond donors (Lipinski definition) is 2. The topological polar surface area (TPSA) is 80.4 Å². The fourth-order valence-electron chi connectivity index (χ4n) is 0.610. The molecule has 0 atom stereocenters. The van der Waals surface area contributed by atoms with Crippen LogP contribution in [0.4, 0.5) is 13.2 Å². The number of primary sulfonamides is 1. The number of benzene rings is 1. The Balaban J connectivity index is 0.000000336. The number of nitrogens with two attached hydrogens (primary N) is 1. The van der Waals surface area contributed by atoms with Crippen molar-refractivity contribution in [2.75, 3.05) is 0 Å². The third-order valence-electron chi connectivity index (χ3n) is 1.07. The van der Waals surface area contributed by atoms with Crippen molar-refractivity contribution in [2.24, 2.45) is 5.14 Å². The maximum absolute atomic E-state index is 10.6. The van der Waals surface area contributed by atoms with E-state index >= 15 is 0 Å². The van der Waals surface area contributed by atoms with Gasteiger partial charge in [0.15, 0.2) is 0 Å². The maximum Gasteiger partial charge on any atom is 0.519 e. The Morgan fingerprint density at radius 2 is 1.47 bits per heavy atom. The van der Waals surface area contributed by atoms with Crippen LogP contribution in [0, 0.1) is 0 Å². The van der Waals surface area contributed by atoms with E-state index in [0.717, 1.165) is 0 Å². The van der Waals surface area contributed by atoms with E-state index in [2.05, 4.69) is 0 Å². The van der Waals surface area contributed by atoms with E-state index in [1.807, 2.05) is 0 Å². The van der Waals surface area contributed by atoms with Gasteiger partial charge in [-0.05, 0) is 12.1 Å². The van der Waals surface area contributed by atoms with E-state index in [4.69, 9.17) is 10.2 Å². The minimum Gasteiger partial charge on any atom is -0.308 e. The number of alkyl halides is 3. The standard InChI is InChI=1S/C6H7NO2S.CHF3O/c7-10(8,9)6-4-2-1-3-5-6;2-1(3,4)5/h1-5H,(H2,7,8,9);5H. The number of aliphatic hydroxyl groups is 1. The molecule has 3 N–H and O–H groups in total. The molecule has 0 aliphatic heterocycles. The van der Waals surface area contributed by atoms with Crippen LogP contribution >= 0.6 is 0 Å². The van der Waals surface area contributed by atoms with Crippen LogP contribution in [0.2, 0.25) is 0 Å². The van der Waals surface area contributed by atoms with Gasteiger partial charge in [-0.1, -0.05) is 18.2 Å². The summed E-state index contributed by atoms with van der Waals surface area (Å²) in [5.74, 6) is 0. The maximum atomic E-state index is 10.6. The smallest absolute Gasteiger partial charge is 0.308 e. The molecule has 0 aliphatic carbocycles. The van der Waals surface area contributed by atoms with E-state index in [1.165, 1.54) is 12.1 Å². The molecule has 0 saturated heterocycles. The molecule has 0 aliphatic rings. The monoisotopic (exact) mass is 243 g/mol. The molecule has 0 fully saturated rings. The van der Waals surface area contributed by atoms with Crippen LogP contribution in [-0.2, 0) is 10.0 Å². The molecule has 0 spiro atoms. The summed E-state index contributed by atoms with van der Waals surface area (Å²) in [6.45, 7) is 0. The van der Waals surface area contributed by atoms with Crippen molar-refractivity contribution >= 4 is 10.0 Å². The molecule has 1 aromatic rings. The first-order valence-corrected chi connectivity index (χ1v) is 5.02. The lowest BCUT2D eigenvalue weighted by atomic mass is 10.4. The number of sulfonamides is 1. The van der Waals surface area contributed by atoms with Crippen molar-refractivity contribution in [3.05, 3.63) is 30.3 Å². The van der Waals surface area contributed by atoms with Crippen molar-refractivity contribution in [3.63, 3.8) is 0 Å². The molecule has 0 bridgehead atoms. The van der Waals surface area contributed by atoms with E-state index in [1.54, 1.807) is 18.2 Å². The lowest BCUT2D eigenvalue weighted by molar-refractivity contribution is -0.295. The van der Waals surface area contributed by atoms with Gasteiger partial charge in [-0.3, -0.25) is 0 Å². The molecule has 15 heavy (non-hydrogen) atoms. The third kappa shape index (κ3) is 9.19. The van der Waals surface area contributed by atoms with E-state index < -0.39 is 16.4 Å². The van der Waals surface area contributed by atoms with Gasteiger partial charge in [-0.15, -0.1) is 13.2 Å². The average Bonchev–Trinajstić information content (AvgIpc) is 2.01. The van der Waals surface area contributed by atoms with Gasteiger partial charge in [0.2, 0.25) is 10.0 Å². The zero-order chi connectivity index (χ0) is 12.1. The van der Waals surface area contributed by atoms with Crippen molar-refractivity contribution in [3.8, 4) is 0 Å². The van der Waals surface area contributed by atoms with Crippen LogP contribution < -0.4 is 5.14 Å². The molecular formula is C7H8F3NO3S. The lowest BCUT2D eigenvalue weighted by Gasteiger charge is -1.93. The highest BCUT2D eigenvalue weighted by Crippen LogP contribution is 2.06. The summed E-state index contributed by atoms with van der Waals surface area (Å²) in [5, 5.41) is 11.3. The number of hydrogen-bond acceptors (Lipinski definition) is 3. The molecule has 0 unspecified atom stereocenters. The molecule has 4 nitrogen and oxygen atoms in total. The van der Waals surface area contributed by atoms with Gasteiger partial charge in [0, 0.05) is 0 Å². The molecule has 0 amide bonds. The second-order valence-electron chi connectivity index (χ2n) is 2.33. The third-order valence-corrected chi connectivity index (χ3v) is 2.00. The summed E-state index contributed by atoms with van der Waals surface area (Å²) >= 11 is 0. The fraction of sp³-hybridized carbons (Fsp3) is 0.143. The van der Waals surface area contributed by atoms with Gasteiger partial charge < -0.3 is 5.11 Å². The second kappa shape index (κ2) is 5.10. The van der Waals surface area contributed by atoms with Crippen LogP contribution in [-0.4, -0.2) is 19.9 Å². The summed E-state index contributed by atoms with van der Waals surface area (Å²) in [4.78, 5) is 0.148. The highest BCUT2D eigenvalue weighted by Gasteiger charge is 2.20. The zero-order valence-corrected chi connectivity index (χ0v) is 8.09. The van der Waals surface area contributed by atoms with Crippen LogP contribution in [0.1, 0.15) is 0 Å². The van der Waals surface area contributed by atoms with Gasteiger partial charge in [-0.25, -0.2) is 13.6 Å². The summed E-state index contributed by atoms with van der Waals surface area (Å²) in [6.07, 6.45) is -5.00. The fourth-order valence-corrected chi connectivity index (χ4v) is 1.15. The SMILES string of the molecule is NS(=O)(=O)c1ccccc1.OC(F)(F)F. The molecule has 0 aromatic heterocycles. The van der Waals surface area contributed by atoms with Gasteiger partial charge in [0.1, 0.15) is 0 Å². The van der Waals surface area contributed by atoms with Crippen molar-refractivity contribution in [1.82, 2.24) is 0 Å². The Morgan fingerprint density at radius 3 is 1.67 bits per heavy atom. The van der Waals surface area contributed by atoms with Gasteiger partial charge >= 0.3 is 6.36 Å². The molecule has 1 rings (SSSR count). The minimum absolute atomic E-state index is 0.148. The molecule has 0 radical (unpaired) electrons. The Kier molecular flexibility index (Phi) is 4.72. The largest absolute Gasteiger partial charge is 0.519 e.